The van der Waals surface area contributed by atoms with Crippen LogP contribution in [0, 0.1) is 0 Å². The lowest BCUT2D eigenvalue weighted by Gasteiger charge is -2.16. The molecule has 0 amide bonds. The van der Waals surface area contributed by atoms with Gasteiger partial charge in [0.2, 0.25) is 0 Å². The summed E-state index contributed by atoms with van der Waals surface area (Å²) in [6.45, 7) is 4.38. The number of hydrogen-bond acceptors (Lipinski definition) is 5. The first-order valence-electron chi connectivity index (χ1n) is 4.99. The summed E-state index contributed by atoms with van der Waals surface area (Å²) >= 11 is 0. The molecule has 1 N–H and O–H groups in total. The predicted molar refractivity (Wildman–Crippen MR) is 55.8 cm³/mol. The van der Waals surface area contributed by atoms with E-state index in [0.717, 1.165) is 0 Å². The molecule has 1 unspecified atom stereocenters. The summed E-state index contributed by atoms with van der Waals surface area (Å²) in [7, 11) is -3.10. The first kappa shape index (κ1) is 12.7. The van der Waals surface area contributed by atoms with Crippen LogP contribution in [0.15, 0.2) is 11.8 Å². The first-order valence-corrected chi connectivity index (χ1v) is 6.72. The maximum atomic E-state index is 12.0. The lowest BCUT2D eigenvalue weighted by Crippen LogP contribution is -2.03. The van der Waals surface area contributed by atoms with Crippen LogP contribution in [-0.2, 0) is 18.3 Å². The molecular weight excluding hydrogens is 219 g/mol. The summed E-state index contributed by atoms with van der Waals surface area (Å²) in [5.74, 6) is 0.479. The Hall–Kier alpha value is -0.350. The summed E-state index contributed by atoms with van der Waals surface area (Å²) in [6, 6.07) is 0. The summed E-state index contributed by atoms with van der Waals surface area (Å²) < 4.78 is 27.4. The van der Waals surface area contributed by atoms with Crippen LogP contribution < -0.4 is 0 Å². The normalized spacial score (nSPS) is 21.3. The van der Waals surface area contributed by atoms with Gasteiger partial charge in [0.15, 0.2) is 0 Å². The van der Waals surface area contributed by atoms with Crippen LogP contribution in [-0.4, -0.2) is 37.2 Å². The van der Waals surface area contributed by atoms with Crippen molar-refractivity contribution in [2.24, 2.45) is 0 Å². The van der Waals surface area contributed by atoms with Gasteiger partial charge < -0.3 is 18.9 Å². The number of allylic oxidation sites excluding steroid dienone is 1. The molecule has 0 saturated heterocycles. The molecule has 15 heavy (non-hydrogen) atoms. The van der Waals surface area contributed by atoms with Gasteiger partial charge in [-0.15, -0.1) is 0 Å². The summed E-state index contributed by atoms with van der Waals surface area (Å²) in [5.41, 5.74) is 0. The van der Waals surface area contributed by atoms with Gasteiger partial charge in [-0.2, -0.15) is 0 Å². The van der Waals surface area contributed by atoms with Crippen LogP contribution in [0.2, 0.25) is 0 Å². The highest BCUT2D eigenvalue weighted by atomic mass is 31.2. The van der Waals surface area contributed by atoms with Crippen LogP contribution in [0.4, 0.5) is 0 Å². The lowest BCUT2D eigenvalue weighted by molar-refractivity contribution is 0.134. The molecule has 1 heterocycles. The van der Waals surface area contributed by atoms with Gasteiger partial charge in [-0.3, -0.25) is 4.57 Å². The molecule has 0 bridgehead atoms. The molecule has 0 radical (unpaired) electrons. The van der Waals surface area contributed by atoms with Crippen molar-refractivity contribution in [3.8, 4) is 0 Å². The van der Waals surface area contributed by atoms with Gasteiger partial charge in [-0.25, -0.2) is 0 Å². The number of rotatable bonds is 6. The largest absolute Gasteiger partial charge is 0.494 e. The summed E-state index contributed by atoms with van der Waals surface area (Å²) in [4.78, 5) is 0. The zero-order chi connectivity index (χ0) is 11.3. The van der Waals surface area contributed by atoms with Crippen molar-refractivity contribution in [3.63, 3.8) is 0 Å². The Bertz CT molecular complexity index is 266. The minimum atomic E-state index is -3.10. The monoisotopic (exact) mass is 236 g/mol. The minimum absolute atomic E-state index is 0.0890. The smallest absolute Gasteiger partial charge is 0.338 e. The van der Waals surface area contributed by atoms with E-state index in [2.05, 4.69) is 0 Å². The molecule has 0 spiro atoms. The topological polar surface area (TPSA) is 65.0 Å². The zero-order valence-electron chi connectivity index (χ0n) is 9.01. The van der Waals surface area contributed by atoms with Crippen molar-refractivity contribution in [2.75, 3.05) is 26.0 Å². The van der Waals surface area contributed by atoms with Gasteiger partial charge in [0.1, 0.15) is 24.6 Å². The molecule has 6 heteroatoms. The molecule has 1 atom stereocenters. The zero-order valence-corrected chi connectivity index (χ0v) is 9.90. The van der Waals surface area contributed by atoms with E-state index >= 15 is 0 Å². The second-order valence-corrected chi connectivity index (χ2v) is 5.17. The molecule has 1 aliphatic heterocycles. The molecule has 0 aromatic rings. The maximum Gasteiger partial charge on any atom is 0.338 e. The number of aliphatic hydroxyl groups is 1. The van der Waals surface area contributed by atoms with E-state index in [4.69, 9.17) is 13.8 Å². The Balaban J connectivity index is 2.58. The number of hydrogen-bond donors (Lipinski definition) is 1. The molecule has 0 aliphatic carbocycles. The van der Waals surface area contributed by atoms with Crippen molar-refractivity contribution in [3.05, 3.63) is 11.8 Å². The quantitative estimate of drug-likeness (QED) is 0.708. The van der Waals surface area contributed by atoms with E-state index in [1.807, 2.05) is 0 Å². The van der Waals surface area contributed by atoms with E-state index < -0.39 is 13.7 Å². The Morgan fingerprint density at radius 3 is 2.53 bits per heavy atom. The molecular formula is C9H17O5P. The van der Waals surface area contributed by atoms with Crippen LogP contribution >= 0.6 is 7.60 Å². The molecule has 0 fully saturated rings. The van der Waals surface area contributed by atoms with Crippen molar-refractivity contribution in [1.29, 1.82) is 0 Å². The van der Waals surface area contributed by atoms with Crippen molar-refractivity contribution >= 4 is 7.60 Å². The average molecular weight is 236 g/mol. The third-order valence-corrected chi connectivity index (χ3v) is 3.82. The Morgan fingerprint density at radius 1 is 1.53 bits per heavy atom. The van der Waals surface area contributed by atoms with Gasteiger partial charge in [-0.05, 0) is 19.9 Å². The second kappa shape index (κ2) is 5.66. The fourth-order valence-corrected chi connectivity index (χ4v) is 2.94. The Morgan fingerprint density at radius 2 is 2.13 bits per heavy atom. The van der Waals surface area contributed by atoms with E-state index in [1.54, 1.807) is 13.8 Å². The highest BCUT2D eigenvalue weighted by molar-refractivity contribution is 7.54. The SMILES string of the molecule is CCOP(=O)(CC1=CC(O)CO1)OCC. The molecule has 88 valence electrons. The van der Waals surface area contributed by atoms with E-state index in [1.165, 1.54) is 6.08 Å². The van der Waals surface area contributed by atoms with E-state index in [-0.39, 0.29) is 12.8 Å². The van der Waals surface area contributed by atoms with E-state index in [9.17, 15) is 9.67 Å². The molecule has 0 aromatic heterocycles. The van der Waals surface area contributed by atoms with Gasteiger partial charge in [0.05, 0.1) is 13.2 Å². The van der Waals surface area contributed by atoms with Crippen molar-refractivity contribution in [1.82, 2.24) is 0 Å². The van der Waals surface area contributed by atoms with Crippen LogP contribution in [0.1, 0.15) is 13.8 Å². The van der Waals surface area contributed by atoms with Crippen LogP contribution in [0.5, 0.6) is 0 Å². The third kappa shape index (κ3) is 3.95. The van der Waals surface area contributed by atoms with Gasteiger partial charge >= 0.3 is 7.60 Å². The highest BCUT2D eigenvalue weighted by Crippen LogP contribution is 2.50. The predicted octanol–water partition coefficient (Wildman–Crippen LogP) is 1.53. The van der Waals surface area contributed by atoms with Gasteiger partial charge in [0.25, 0.3) is 0 Å². The van der Waals surface area contributed by atoms with E-state index in [0.29, 0.717) is 19.0 Å². The van der Waals surface area contributed by atoms with Crippen molar-refractivity contribution < 1.29 is 23.5 Å². The standard InChI is InChI=1S/C9H17O5P/c1-3-13-15(11,14-4-2)7-9-5-8(10)6-12-9/h5,8,10H,3-4,6-7H2,1-2H3. The Labute approximate surface area is 89.6 Å². The first-order chi connectivity index (χ1) is 7.09. The molecule has 1 rings (SSSR count). The maximum absolute atomic E-state index is 12.0. The van der Waals surface area contributed by atoms with Gasteiger partial charge in [-0.1, -0.05) is 0 Å². The molecule has 1 aliphatic rings. The Kier molecular flexibility index (Phi) is 4.80. The molecule has 0 aromatic carbocycles. The highest BCUT2D eigenvalue weighted by Gasteiger charge is 2.28. The van der Waals surface area contributed by atoms with Crippen LogP contribution in [0.3, 0.4) is 0 Å². The molecule has 0 saturated carbocycles. The van der Waals surface area contributed by atoms with Crippen LogP contribution in [0.25, 0.3) is 0 Å². The minimum Gasteiger partial charge on any atom is -0.494 e. The third-order valence-electron chi connectivity index (χ3n) is 1.82. The number of ether oxygens (including phenoxy) is 1. The fourth-order valence-electron chi connectivity index (χ4n) is 1.31. The van der Waals surface area contributed by atoms with Gasteiger partial charge in [0, 0.05) is 0 Å². The number of aliphatic hydroxyl groups excluding tert-OH is 1. The summed E-state index contributed by atoms with van der Waals surface area (Å²) in [6.07, 6.45) is 1.01. The fraction of sp³-hybridized carbons (Fsp3) is 0.778. The van der Waals surface area contributed by atoms with Crippen molar-refractivity contribution in [2.45, 2.75) is 20.0 Å². The lowest BCUT2D eigenvalue weighted by atomic mass is 10.4. The second-order valence-electron chi connectivity index (χ2n) is 3.12. The molecule has 5 nitrogen and oxygen atoms in total. The average Bonchev–Trinajstić information content (AvgIpc) is 2.51. The summed E-state index contributed by atoms with van der Waals surface area (Å²) in [5, 5.41) is 9.18.